The number of allylic oxidation sites excluding steroid dienone is 1. The smallest absolute Gasteiger partial charge is 0.0549 e. The van der Waals surface area contributed by atoms with Crippen LogP contribution in [0.4, 0.5) is 0 Å². The number of nitrogens with zero attached hydrogens (tertiary/aromatic N) is 2. The molecule has 1 fully saturated rings. The molecular weight excluding hydrogens is 196 g/mol. The second kappa shape index (κ2) is 5.26. The molecule has 2 rings (SSSR count). The highest BCUT2D eigenvalue weighted by Crippen LogP contribution is 2.15. The molecule has 0 atom stereocenters. The minimum Gasteiger partial charge on any atom is -0.298 e. The molecule has 16 heavy (non-hydrogen) atoms. The standard InChI is InChI=1S/C14H20N2/c1-12(2)13-6-7-15-14(10-13)11-16-8-4-3-5-9-16/h6-7,10H,1,3-5,8-9,11H2,2H3. The van der Waals surface area contributed by atoms with E-state index >= 15 is 0 Å². The van der Waals surface area contributed by atoms with Crippen molar-refractivity contribution >= 4 is 5.57 Å². The van der Waals surface area contributed by atoms with Crippen molar-refractivity contribution in [2.75, 3.05) is 13.1 Å². The van der Waals surface area contributed by atoms with Crippen molar-refractivity contribution in [3.05, 3.63) is 36.2 Å². The molecule has 1 aromatic rings. The lowest BCUT2D eigenvalue weighted by atomic mass is 10.1. The molecule has 2 heteroatoms. The zero-order chi connectivity index (χ0) is 11.4. The van der Waals surface area contributed by atoms with Crippen LogP contribution in [0.5, 0.6) is 0 Å². The monoisotopic (exact) mass is 216 g/mol. The first-order valence-corrected chi connectivity index (χ1v) is 6.09. The Morgan fingerprint density at radius 2 is 2.12 bits per heavy atom. The number of aromatic nitrogens is 1. The van der Waals surface area contributed by atoms with Gasteiger partial charge in [-0.3, -0.25) is 9.88 Å². The van der Waals surface area contributed by atoms with E-state index in [1.165, 1.54) is 43.6 Å². The number of hydrogen-bond donors (Lipinski definition) is 0. The van der Waals surface area contributed by atoms with E-state index in [4.69, 9.17) is 0 Å². The summed E-state index contributed by atoms with van der Waals surface area (Å²) in [5.74, 6) is 0. The van der Waals surface area contributed by atoms with Gasteiger partial charge in [0, 0.05) is 12.7 Å². The van der Waals surface area contributed by atoms with Crippen molar-refractivity contribution in [3.63, 3.8) is 0 Å². The van der Waals surface area contributed by atoms with Gasteiger partial charge in [0.1, 0.15) is 0 Å². The lowest BCUT2D eigenvalue weighted by molar-refractivity contribution is 0.218. The summed E-state index contributed by atoms with van der Waals surface area (Å²) in [6.45, 7) is 9.44. The van der Waals surface area contributed by atoms with Crippen LogP contribution in [0.15, 0.2) is 24.9 Å². The largest absolute Gasteiger partial charge is 0.298 e. The zero-order valence-electron chi connectivity index (χ0n) is 10.1. The first-order chi connectivity index (χ1) is 7.75. The van der Waals surface area contributed by atoms with E-state index in [1.807, 2.05) is 19.2 Å². The van der Waals surface area contributed by atoms with Gasteiger partial charge in [0.05, 0.1) is 5.69 Å². The van der Waals surface area contributed by atoms with Crippen molar-refractivity contribution in [1.82, 2.24) is 9.88 Å². The van der Waals surface area contributed by atoms with E-state index in [-0.39, 0.29) is 0 Å². The van der Waals surface area contributed by atoms with E-state index in [2.05, 4.69) is 22.5 Å². The van der Waals surface area contributed by atoms with E-state index < -0.39 is 0 Å². The van der Waals surface area contributed by atoms with Crippen molar-refractivity contribution in [3.8, 4) is 0 Å². The van der Waals surface area contributed by atoms with Gasteiger partial charge in [-0.05, 0) is 50.6 Å². The van der Waals surface area contributed by atoms with Gasteiger partial charge in [0.15, 0.2) is 0 Å². The summed E-state index contributed by atoms with van der Waals surface area (Å²) >= 11 is 0. The summed E-state index contributed by atoms with van der Waals surface area (Å²) < 4.78 is 0. The third kappa shape index (κ3) is 2.92. The summed E-state index contributed by atoms with van der Waals surface area (Å²) in [5.41, 5.74) is 3.49. The molecule has 1 saturated heterocycles. The highest BCUT2D eigenvalue weighted by molar-refractivity contribution is 5.60. The molecule has 1 aliphatic heterocycles. The van der Waals surface area contributed by atoms with Gasteiger partial charge in [-0.15, -0.1) is 0 Å². The van der Waals surface area contributed by atoms with Crippen LogP contribution in [0.1, 0.15) is 37.4 Å². The van der Waals surface area contributed by atoms with Crippen LogP contribution >= 0.6 is 0 Å². The molecule has 0 saturated carbocycles. The van der Waals surface area contributed by atoms with Crippen LogP contribution in [0, 0.1) is 0 Å². The van der Waals surface area contributed by atoms with Gasteiger partial charge in [-0.25, -0.2) is 0 Å². The maximum absolute atomic E-state index is 4.43. The Labute approximate surface area is 98.0 Å². The van der Waals surface area contributed by atoms with E-state index in [0.717, 1.165) is 12.1 Å². The van der Waals surface area contributed by atoms with Crippen LogP contribution in [0.2, 0.25) is 0 Å². The molecule has 0 aliphatic carbocycles. The molecule has 2 nitrogen and oxygen atoms in total. The Bertz CT molecular complexity index is 365. The van der Waals surface area contributed by atoms with Gasteiger partial charge in [-0.1, -0.05) is 18.6 Å². The van der Waals surface area contributed by atoms with E-state index in [9.17, 15) is 0 Å². The van der Waals surface area contributed by atoms with Crippen LogP contribution in [-0.2, 0) is 6.54 Å². The summed E-state index contributed by atoms with van der Waals surface area (Å²) in [5, 5.41) is 0. The first-order valence-electron chi connectivity index (χ1n) is 6.09. The number of rotatable bonds is 3. The highest BCUT2D eigenvalue weighted by Gasteiger charge is 2.11. The molecule has 0 bridgehead atoms. The van der Waals surface area contributed by atoms with Gasteiger partial charge in [0.2, 0.25) is 0 Å². The molecule has 0 unspecified atom stereocenters. The zero-order valence-corrected chi connectivity index (χ0v) is 10.1. The third-order valence-electron chi connectivity index (χ3n) is 3.14. The maximum Gasteiger partial charge on any atom is 0.0549 e. The summed E-state index contributed by atoms with van der Waals surface area (Å²) in [6, 6.07) is 4.19. The number of pyridine rings is 1. The quantitative estimate of drug-likeness (QED) is 0.772. The molecule has 1 aromatic heterocycles. The van der Waals surface area contributed by atoms with Crippen molar-refractivity contribution < 1.29 is 0 Å². The fraction of sp³-hybridized carbons (Fsp3) is 0.500. The van der Waals surface area contributed by atoms with Gasteiger partial charge < -0.3 is 0 Å². The minimum absolute atomic E-state index is 0.987. The second-order valence-corrected chi connectivity index (χ2v) is 4.65. The molecule has 0 N–H and O–H groups in total. The molecule has 0 amide bonds. The summed E-state index contributed by atoms with van der Waals surface area (Å²) in [7, 11) is 0. The molecule has 0 aromatic carbocycles. The number of hydrogen-bond acceptors (Lipinski definition) is 2. The average molecular weight is 216 g/mol. The first kappa shape index (κ1) is 11.3. The third-order valence-corrected chi connectivity index (χ3v) is 3.14. The van der Waals surface area contributed by atoms with Crippen LogP contribution in [0.25, 0.3) is 5.57 Å². The molecule has 0 radical (unpaired) electrons. The molecule has 2 heterocycles. The predicted octanol–water partition coefficient (Wildman–Crippen LogP) is 3.10. The Kier molecular flexibility index (Phi) is 3.73. The topological polar surface area (TPSA) is 16.1 Å². The Morgan fingerprint density at radius 1 is 1.38 bits per heavy atom. The number of piperidine rings is 1. The minimum atomic E-state index is 0.987. The highest BCUT2D eigenvalue weighted by atomic mass is 15.1. The van der Waals surface area contributed by atoms with Gasteiger partial charge in [-0.2, -0.15) is 0 Å². The predicted molar refractivity (Wildman–Crippen MR) is 68.1 cm³/mol. The van der Waals surface area contributed by atoms with Crippen molar-refractivity contribution in [1.29, 1.82) is 0 Å². The number of likely N-dealkylation sites (tertiary alicyclic amines) is 1. The molecule has 1 aliphatic rings. The second-order valence-electron chi connectivity index (χ2n) is 4.65. The van der Waals surface area contributed by atoms with Crippen LogP contribution in [-0.4, -0.2) is 23.0 Å². The fourth-order valence-electron chi connectivity index (χ4n) is 2.18. The normalized spacial score (nSPS) is 17.3. The summed E-state index contributed by atoms with van der Waals surface area (Å²) in [6.07, 6.45) is 5.94. The lowest BCUT2D eigenvalue weighted by Gasteiger charge is -2.26. The SMILES string of the molecule is C=C(C)c1ccnc(CN2CCCCC2)c1. The van der Waals surface area contributed by atoms with Crippen molar-refractivity contribution in [2.24, 2.45) is 0 Å². The van der Waals surface area contributed by atoms with Crippen LogP contribution < -0.4 is 0 Å². The lowest BCUT2D eigenvalue weighted by Crippen LogP contribution is -2.29. The average Bonchev–Trinajstić information content (AvgIpc) is 2.30. The Morgan fingerprint density at radius 3 is 2.81 bits per heavy atom. The molecule has 0 spiro atoms. The Balaban J connectivity index is 2.02. The maximum atomic E-state index is 4.43. The van der Waals surface area contributed by atoms with Gasteiger partial charge >= 0.3 is 0 Å². The van der Waals surface area contributed by atoms with E-state index in [1.54, 1.807) is 0 Å². The fourth-order valence-corrected chi connectivity index (χ4v) is 2.18. The van der Waals surface area contributed by atoms with Gasteiger partial charge in [0.25, 0.3) is 0 Å². The van der Waals surface area contributed by atoms with Crippen molar-refractivity contribution in [2.45, 2.75) is 32.7 Å². The summed E-state index contributed by atoms with van der Waals surface area (Å²) in [4.78, 5) is 6.93. The molecule has 86 valence electrons. The van der Waals surface area contributed by atoms with E-state index in [0.29, 0.717) is 0 Å². The van der Waals surface area contributed by atoms with Crippen LogP contribution in [0.3, 0.4) is 0 Å². The molecular formula is C14H20N2. The Hall–Kier alpha value is -1.15.